The van der Waals surface area contributed by atoms with Crippen molar-refractivity contribution in [2.75, 3.05) is 7.11 Å². The maximum absolute atomic E-state index is 11.4. The molecule has 2 aromatic heterocycles. The molecule has 0 atom stereocenters. The Kier molecular flexibility index (Phi) is 4.15. The third-order valence-electron chi connectivity index (χ3n) is 3.60. The van der Waals surface area contributed by atoms with E-state index >= 15 is 0 Å². The average Bonchev–Trinajstić information content (AvgIpc) is 2.62. The average molecular weight is 304 g/mol. The van der Waals surface area contributed by atoms with Gasteiger partial charge in [0.25, 0.3) is 0 Å². The summed E-state index contributed by atoms with van der Waals surface area (Å²) in [4.78, 5) is 20.1. The summed E-state index contributed by atoms with van der Waals surface area (Å²) in [6.45, 7) is 2.06. The first-order chi connectivity index (χ1) is 11.2. The molecule has 114 valence electrons. The summed E-state index contributed by atoms with van der Waals surface area (Å²) >= 11 is 0. The predicted molar refractivity (Wildman–Crippen MR) is 89.0 cm³/mol. The lowest BCUT2D eigenvalue weighted by atomic mass is 10.1. The first-order valence-corrected chi connectivity index (χ1v) is 7.25. The van der Waals surface area contributed by atoms with Gasteiger partial charge in [-0.15, -0.1) is 0 Å². The molecule has 0 radical (unpaired) electrons. The number of carbonyl (C=O) groups is 1. The predicted octanol–water partition coefficient (Wildman–Crippen LogP) is 3.91. The van der Waals surface area contributed by atoms with Gasteiger partial charge in [-0.05, 0) is 30.7 Å². The van der Waals surface area contributed by atoms with Gasteiger partial charge >= 0.3 is 5.97 Å². The molecule has 0 unspecified atom stereocenters. The second kappa shape index (κ2) is 6.40. The van der Waals surface area contributed by atoms with Crippen LogP contribution in [0.25, 0.3) is 22.5 Å². The van der Waals surface area contributed by atoms with Crippen LogP contribution >= 0.6 is 0 Å². The van der Waals surface area contributed by atoms with E-state index in [1.807, 2.05) is 18.3 Å². The first kappa shape index (κ1) is 14.9. The normalized spacial score (nSPS) is 10.3. The zero-order valence-corrected chi connectivity index (χ0v) is 13.0. The Labute approximate surface area is 134 Å². The lowest BCUT2D eigenvalue weighted by Crippen LogP contribution is -2.01. The number of benzene rings is 1. The zero-order valence-electron chi connectivity index (χ0n) is 13.0. The highest BCUT2D eigenvalue weighted by molar-refractivity contribution is 5.89. The Morgan fingerprint density at radius 2 is 1.43 bits per heavy atom. The molecule has 0 bridgehead atoms. The van der Waals surface area contributed by atoms with E-state index in [2.05, 4.69) is 45.9 Å². The SMILES string of the molecule is COC(=O)c1ccc(-c2ccc(-c3ccc(C)cc3)cn2)nc1. The number of hydrogen-bond donors (Lipinski definition) is 0. The number of ether oxygens (including phenoxy) is 1. The van der Waals surface area contributed by atoms with Gasteiger partial charge < -0.3 is 4.74 Å². The van der Waals surface area contributed by atoms with Crippen LogP contribution < -0.4 is 0 Å². The summed E-state index contributed by atoms with van der Waals surface area (Å²) in [5, 5.41) is 0. The van der Waals surface area contributed by atoms with Crippen molar-refractivity contribution in [3.63, 3.8) is 0 Å². The molecule has 0 aliphatic heterocycles. The molecular weight excluding hydrogens is 288 g/mol. The molecular formula is C19H16N2O2. The van der Waals surface area contributed by atoms with Crippen LogP contribution in [0.1, 0.15) is 15.9 Å². The minimum absolute atomic E-state index is 0.397. The molecule has 0 fully saturated rings. The Morgan fingerprint density at radius 3 is 1.96 bits per heavy atom. The van der Waals surface area contributed by atoms with Gasteiger partial charge in [-0.2, -0.15) is 0 Å². The Hall–Kier alpha value is -3.01. The molecule has 0 aliphatic carbocycles. The molecule has 3 rings (SSSR count). The highest BCUT2D eigenvalue weighted by Gasteiger charge is 2.07. The maximum atomic E-state index is 11.4. The summed E-state index contributed by atoms with van der Waals surface area (Å²) in [6, 6.07) is 15.7. The molecule has 0 aliphatic rings. The van der Waals surface area contributed by atoms with Gasteiger partial charge in [0.05, 0.1) is 24.1 Å². The summed E-state index contributed by atoms with van der Waals surface area (Å²) < 4.78 is 4.66. The fraction of sp³-hybridized carbons (Fsp3) is 0.105. The van der Waals surface area contributed by atoms with E-state index in [0.717, 1.165) is 16.8 Å². The smallest absolute Gasteiger partial charge is 0.339 e. The largest absolute Gasteiger partial charge is 0.465 e. The van der Waals surface area contributed by atoms with Crippen molar-refractivity contribution >= 4 is 5.97 Å². The van der Waals surface area contributed by atoms with E-state index < -0.39 is 5.97 Å². The van der Waals surface area contributed by atoms with Crippen molar-refractivity contribution < 1.29 is 9.53 Å². The van der Waals surface area contributed by atoms with Crippen LogP contribution in [0.2, 0.25) is 0 Å². The van der Waals surface area contributed by atoms with Crippen LogP contribution in [-0.4, -0.2) is 23.0 Å². The highest BCUT2D eigenvalue weighted by atomic mass is 16.5. The molecule has 3 aromatic rings. The van der Waals surface area contributed by atoms with Crippen molar-refractivity contribution in [3.8, 4) is 22.5 Å². The number of methoxy groups -OCH3 is 1. The minimum atomic E-state index is -0.397. The fourth-order valence-corrected chi connectivity index (χ4v) is 2.25. The quantitative estimate of drug-likeness (QED) is 0.688. The van der Waals surface area contributed by atoms with E-state index in [-0.39, 0.29) is 0 Å². The first-order valence-electron chi connectivity index (χ1n) is 7.25. The minimum Gasteiger partial charge on any atom is -0.465 e. The van der Waals surface area contributed by atoms with E-state index in [1.165, 1.54) is 18.9 Å². The van der Waals surface area contributed by atoms with E-state index in [1.54, 1.807) is 12.1 Å². The molecule has 23 heavy (non-hydrogen) atoms. The topological polar surface area (TPSA) is 52.1 Å². The summed E-state index contributed by atoms with van der Waals surface area (Å²) in [6.07, 6.45) is 3.33. The van der Waals surface area contributed by atoms with Crippen molar-refractivity contribution in [1.29, 1.82) is 0 Å². The fourth-order valence-electron chi connectivity index (χ4n) is 2.25. The van der Waals surface area contributed by atoms with Crippen molar-refractivity contribution in [3.05, 3.63) is 72.1 Å². The lowest BCUT2D eigenvalue weighted by Gasteiger charge is -2.05. The molecule has 4 nitrogen and oxygen atoms in total. The van der Waals surface area contributed by atoms with Gasteiger partial charge in [0.15, 0.2) is 0 Å². The third kappa shape index (κ3) is 3.26. The molecule has 0 amide bonds. The number of pyridine rings is 2. The van der Waals surface area contributed by atoms with Gasteiger partial charge in [-0.25, -0.2) is 4.79 Å². The van der Waals surface area contributed by atoms with Gasteiger partial charge in [0, 0.05) is 18.0 Å². The van der Waals surface area contributed by atoms with Crippen LogP contribution in [0.3, 0.4) is 0 Å². The monoisotopic (exact) mass is 304 g/mol. The van der Waals surface area contributed by atoms with E-state index in [4.69, 9.17) is 0 Å². The number of nitrogens with zero attached hydrogens (tertiary/aromatic N) is 2. The van der Waals surface area contributed by atoms with Crippen molar-refractivity contribution in [2.24, 2.45) is 0 Å². The van der Waals surface area contributed by atoms with Crippen LogP contribution in [0.4, 0.5) is 0 Å². The number of aromatic nitrogens is 2. The molecule has 0 saturated heterocycles. The van der Waals surface area contributed by atoms with Gasteiger partial charge in [-0.1, -0.05) is 35.9 Å². The molecule has 0 saturated carbocycles. The van der Waals surface area contributed by atoms with Crippen LogP contribution in [-0.2, 0) is 4.74 Å². The lowest BCUT2D eigenvalue weighted by molar-refractivity contribution is 0.0600. The number of aryl methyl sites for hydroxylation is 1. The Bertz CT molecular complexity index is 807. The molecule has 0 spiro atoms. The van der Waals surface area contributed by atoms with Crippen LogP contribution in [0, 0.1) is 6.92 Å². The second-order valence-corrected chi connectivity index (χ2v) is 5.22. The second-order valence-electron chi connectivity index (χ2n) is 5.22. The standard InChI is InChI=1S/C19H16N2O2/c1-13-3-5-14(6-4-13)15-7-9-17(20-11-15)18-10-8-16(12-21-18)19(22)23-2/h3-12H,1-2H3. The molecule has 2 heterocycles. The van der Waals surface area contributed by atoms with E-state index in [0.29, 0.717) is 11.3 Å². The number of hydrogen-bond acceptors (Lipinski definition) is 4. The highest BCUT2D eigenvalue weighted by Crippen LogP contribution is 2.22. The van der Waals surface area contributed by atoms with Crippen LogP contribution in [0.15, 0.2) is 60.9 Å². The number of rotatable bonds is 3. The van der Waals surface area contributed by atoms with E-state index in [9.17, 15) is 4.79 Å². The Balaban J connectivity index is 1.84. The van der Waals surface area contributed by atoms with Crippen LogP contribution in [0.5, 0.6) is 0 Å². The van der Waals surface area contributed by atoms with Crippen molar-refractivity contribution in [2.45, 2.75) is 6.92 Å². The molecule has 0 N–H and O–H groups in total. The van der Waals surface area contributed by atoms with Gasteiger partial charge in [0.1, 0.15) is 0 Å². The van der Waals surface area contributed by atoms with Gasteiger partial charge in [0.2, 0.25) is 0 Å². The maximum Gasteiger partial charge on any atom is 0.339 e. The molecule has 1 aromatic carbocycles. The zero-order chi connectivity index (χ0) is 16.2. The Morgan fingerprint density at radius 1 is 0.826 bits per heavy atom. The summed E-state index contributed by atoms with van der Waals surface area (Å²) in [5.41, 5.74) is 5.31. The number of esters is 1. The summed E-state index contributed by atoms with van der Waals surface area (Å²) in [7, 11) is 1.35. The van der Waals surface area contributed by atoms with Gasteiger partial charge in [-0.3, -0.25) is 9.97 Å². The number of carbonyl (C=O) groups excluding carboxylic acids is 1. The third-order valence-corrected chi connectivity index (χ3v) is 3.60. The summed E-state index contributed by atoms with van der Waals surface area (Å²) in [5.74, 6) is -0.397. The van der Waals surface area contributed by atoms with Crippen molar-refractivity contribution in [1.82, 2.24) is 9.97 Å². The molecule has 4 heteroatoms.